The Morgan fingerprint density at radius 1 is 0.923 bits per heavy atom. The third kappa shape index (κ3) is 6.38. The smallest absolute Gasteiger partial charge is 0.264 e. The number of benzene rings is 1. The van der Waals surface area contributed by atoms with Crippen molar-refractivity contribution in [2.75, 3.05) is 23.8 Å². The largest absolute Gasteiger partial charge is 0.322 e. The van der Waals surface area contributed by atoms with E-state index in [9.17, 15) is 4.79 Å². The number of rotatable bonds is 12. The van der Waals surface area contributed by atoms with Crippen molar-refractivity contribution in [2.24, 2.45) is 0 Å². The van der Waals surface area contributed by atoms with Crippen LogP contribution in [0.2, 0.25) is 0 Å². The van der Waals surface area contributed by atoms with Gasteiger partial charge >= 0.3 is 0 Å². The summed E-state index contributed by atoms with van der Waals surface area (Å²) in [6.07, 6.45) is 11.3. The van der Waals surface area contributed by atoms with Crippen molar-refractivity contribution in [3.05, 3.63) is 29.3 Å². The van der Waals surface area contributed by atoms with Crippen molar-refractivity contribution >= 4 is 18.9 Å². The summed E-state index contributed by atoms with van der Waals surface area (Å²) in [6.45, 7) is 13.2. The minimum atomic E-state index is -1.27. The van der Waals surface area contributed by atoms with Crippen LogP contribution in [0.1, 0.15) is 77.3 Å². The van der Waals surface area contributed by atoms with Crippen LogP contribution >= 0.6 is 7.26 Å². The van der Waals surface area contributed by atoms with Crippen molar-refractivity contribution in [1.82, 2.24) is 0 Å². The fourth-order valence-corrected chi connectivity index (χ4v) is 9.06. The predicted octanol–water partition coefficient (Wildman–Crippen LogP) is 7.05. The zero-order valence-electron chi connectivity index (χ0n) is 18.0. The van der Waals surface area contributed by atoms with Crippen molar-refractivity contribution in [1.29, 1.82) is 0 Å². The van der Waals surface area contributed by atoms with Gasteiger partial charge in [0.1, 0.15) is 5.66 Å². The van der Waals surface area contributed by atoms with Gasteiger partial charge in [-0.1, -0.05) is 58.2 Å². The number of amides is 1. The summed E-state index contributed by atoms with van der Waals surface area (Å²) in [7, 11) is -1.27. The normalized spacial score (nSPS) is 12.8. The van der Waals surface area contributed by atoms with Gasteiger partial charge in [0.2, 0.25) is 0 Å². The molecule has 3 heteroatoms. The van der Waals surface area contributed by atoms with Crippen molar-refractivity contribution in [2.45, 2.75) is 85.7 Å². The molecule has 0 saturated carbocycles. The van der Waals surface area contributed by atoms with E-state index in [-0.39, 0.29) is 11.6 Å². The molecule has 0 aliphatic carbocycles. The number of hydrogen-bond acceptors (Lipinski definition) is 1. The lowest BCUT2D eigenvalue weighted by Gasteiger charge is -2.33. The Morgan fingerprint density at radius 2 is 1.35 bits per heavy atom. The minimum Gasteiger partial charge on any atom is -0.322 e. The van der Waals surface area contributed by atoms with E-state index in [0.29, 0.717) is 0 Å². The number of unbranched alkanes of at least 4 members (excludes halogenated alkanes) is 3. The monoisotopic (exact) mass is 378 g/mol. The minimum absolute atomic E-state index is 0.158. The predicted molar refractivity (Wildman–Crippen MR) is 120 cm³/mol. The van der Waals surface area contributed by atoms with Crippen molar-refractivity contribution < 1.29 is 4.79 Å². The second-order valence-electron chi connectivity index (χ2n) is 7.88. The molecule has 0 spiro atoms. The van der Waals surface area contributed by atoms with Gasteiger partial charge in [0, 0.05) is 12.9 Å². The Kier molecular flexibility index (Phi) is 10.5. The Hall–Kier alpha value is -0.880. The first-order chi connectivity index (χ1) is 12.4. The average molecular weight is 379 g/mol. The molecule has 1 aromatic rings. The number of hydrogen-bond donors (Lipinski definition) is 1. The molecule has 0 radical (unpaired) electrons. The van der Waals surface area contributed by atoms with E-state index in [2.05, 4.69) is 65.1 Å². The van der Waals surface area contributed by atoms with E-state index in [1.807, 2.05) is 0 Å². The van der Waals surface area contributed by atoms with Crippen LogP contribution in [0, 0.1) is 13.8 Å². The molecule has 0 bridgehead atoms. The summed E-state index contributed by atoms with van der Waals surface area (Å²) in [5, 5.41) is 3.30. The zero-order chi connectivity index (χ0) is 19.6. The summed E-state index contributed by atoms with van der Waals surface area (Å²) >= 11 is 0. The van der Waals surface area contributed by atoms with E-state index in [4.69, 9.17) is 0 Å². The van der Waals surface area contributed by atoms with Crippen molar-refractivity contribution in [3.63, 3.8) is 0 Å². The number of carbonyl (C=O) groups is 1. The van der Waals surface area contributed by atoms with Crippen LogP contribution in [-0.2, 0) is 4.79 Å². The van der Waals surface area contributed by atoms with Crippen LogP contribution in [0.15, 0.2) is 18.2 Å². The molecule has 0 aliphatic rings. The van der Waals surface area contributed by atoms with Gasteiger partial charge < -0.3 is 5.32 Å². The summed E-state index contributed by atoms with van der Waals surface area (Å²) in [5.41, 5.74) is 3.49. The summed E-state index contributed by atoms with van der Waals surface area (Å²) < 4.78 is 0. The molecule has 1 aromatic carbocycles. The van der Waals surface area contributed by atoms with Crippen molar-refractivity contribution in [3.8, 4) is 0 Å². The zero-order valence-corrected chi connectivity index (χ0v) is 18.9. The molecule has 1 amide bonds. The second-order valence-corrected chi connectivity index (χ2v) is 12.4. The van der Waals surface area contributed by atoms with Crippen LogP contribution in [-0.4, -0.2) is 30.1 Å². The molecule has 0 fully saturated rings. The third-order valence-corrected chi connectivity index (χ3v) is 11.3. The number of nitrogens with one attached hydrogen (secondary N) is 1. The lowest BCUT2D eigenvalue weighted by Crippen LogP contribution is -2.32. The molecule has 0 aliphatic heterocycles. The lowest BCUT2D eigenvalue weighted by atomic mass is 10.1. The first kappa shape index (κ1) is 23.2. The van der Waals surface area contributed by atoms with Crippen LogP contribution in [0.4, 0.5) is 5.69 Å². The maximum Gasteiger partial charge on any atom is 0.264 e. The average Bonchev–Trinajstić information content (AvgIpc) is 2.64. The van der Waals surface area contributed by atoms with Gasteiger partial charge in [-0.15, -0.1) is 0 Å². The van der Waals surface area contributed by atoms with E-state index < -0.39 is 7.26 Å². The molecule has 2 nitrogen and oxygen atoms in total. The molecule has 26 heavy (non-hydrogen) atoms. The van der Waals surface area contributed by atoms with Gasteiger partial charge in [0.05, 0.1) is 18.5 Å². The number of aryl methyl sites for hydroxylation is 2. The molecule has 0 heterocycles. The summed E-state index contributed by atoms with van der Waals surface area (Å²) in [6, 6.07) is 6.23. The fourth-order valence-electron chi connectivity index (χ4n) is 3.82. The van der Waals surface area contributed by atoms with E-state index in [1.165, 1.54) is 57.0 Å². The number of anilines is 1. The summed E-state index contributed by atoms with van der Waals surface area (Å²) in [5.74, 6) is 0.249. The lowest BCUT2D eigenvalue weighted by molar-refractivity contribution is -0.115. The fraction of sp³-hybridized carbons (Fsp3) is 0.696. The highest BCUT2D eigenvalue weighted by molar-refractivity contribution is 7.77. The molecular weight excluding hydrogens is 337 g/mol. The van der Waals surface area contributed by atoms with Gasteiger partial charge in [0.15, 0.2) is 0 Å². The highest BCUT2D eigenvalue weighted by Crippen LogP contribution is 2.64. The van der Waals surface area contributed by atoms with Gasteiger partial charge in [-0.05, 0) is 51.2 Å². The highest BCUT2D eigenvalue weighted by atomic mass is 31.2. The first-order valence-electron chi connectivity index (χ1n) is 10.6. The van der Waals surface area contributed by atoms with Crippen LogP contribution in [0.25, 0.3) is 0 Å². The molecule has 1 unspecified atom stereocenters. The Labute approximate surface area is 162 Å². The summed E-state index contributed by atoms with van der Waals surface area (Å²) in [4.78, 5) is 13.3. The Balaban J connectivity index is 3.06. The Bertz CT molecular complexity index is 513. The van der Waals surface area contributed by atoms with Crippen LogP contribution < -0.4 is 5.32 Å². The molecule has 1 rings (SSSR count). The third-order valence-electron chi connectivity index (χ3n) is 5.80. The maximum absolute atomic E-state index is 13.3. The van der Waals surface area contributed by atoms with E-state index in [1.54, 1.807) is 0 Å². The number of carbonyl (C=O) groups excluding carboxylic acids is 1. The van der Waals surface area contributed by atoms with Gasteiger partial charge in [-0.25, -0.2) is 0 Å². The molecule has 0 saturated heterocycles. The first-order valence-corrected chi connectivity index (χ1v) is 13.1. The van der Waals surface area contributed by atoms with Gasteiger partial charge in [0.25, 0.3) is 5.91 Å². The molecule has 0 aromatic heterocycles. The molecule has 1 N–H and O–H groups in total. The highest BCUT2D eigenvalue weighted by Gasteiger charge is 2.45. The van der Waals surface area contributed by atoms with Gasteiger partial charge in [-0.2, -0.15) is 0 Å². The van der Waals surface area contributed by atoms with E-state index in [0.717, 1.165) is 16.8 Å². The number of para-hydroxylation sites is 1. The molecule has 1 atom stereocenters. The van der Waals surface area contributed by atoms with Crippen LogP contribution in [0.5, 0.6) is 0 Å². The molecule has 148 valence electrons. The van der Waals surface area contributed by atoms with E-state index >= 15 is 0 Å². The maximum atomic E-state index is 13.3. The SMILES string of the molecule is CCCC[P+](CCCC)(CCCC)C(C)C(=O)Nc1c(C)cccc1C. The Morgan fingerprint density at radius 3 is 1.73 bits per heavy atom. The topological polar surface area (TPSA) is 29.1 Å². The van der Waals surface area contributed by atoms with Gasteiger partial charge in [-0.3, -0.25) is 4.79 Å². The quantitative estimate of drug-likeness (QED) is 0.388. The van der Waals surface area contributed by atoms with Crippen LogP contribution in [0.3, 0.4) is 0 Å². The standard InChI is InChI=1S/C23H40NOP/c1-7-10-16-26(17-11-8-2,18-12-9-3)21(6)23(25)24-22-19(4)14-13-15-20(22)5/h13-15,21H,7-12,16-18H2,1-6H3/p+1. The second kappa shape index (κ2) is 11.8. The molecular formula is C23H41NOP+.